The van der Waals surface area contributed by atoms with Crippen molar-refractivity contribution in [2.24, 2.45) is 5.92 Å². The molecule has 0 amide bonds. The molecule has 1 N–H and O–H groups in total. The van der Waals surface area contributed by atoms with Gasteiger partial charge >= 0.3 is 0 Å². The maximum absolute atomic E-state index is 14.0. The Bertz CT molecular complexity index is 1280. The van der Waals surface area contributed by atoms with E-state index in [1.54, 1.807) is 12.1 Å². The van der Waals surface area contributed by atoms with Gasteiger partial charge in [0.2, 0.25) is 0 Å². The van der Waals surface area contributed by atoms with E-state index in [9.17, 15) is 4.39 Å². The van der Waals surface area contributed by atoms with Crippen molar-refractivity contribution in [3.8, 4) is 0 Å². The van der Waals surface area contributed by atoms with Crippen LogP contribution in [0.15, 0.2) is 78.8 Å². The third kappa shape index (κ3) is 6.12. The van der Waals surface area contributed by atoms with E-state index in [1.165, 1.54) is 17.2 Å². The zero-order chi connectivity index (χ0) is 25.5. The van der Waals surface area contributed by atoms with Gasteiger partial charge < -0.3 is 9.88 Å². The molecule has 35 heavy (non-hydrogen) atoms. The monoisotopic (exact) mass is 491 g/mol. The van der Waals surface area contributed by atoms with Crippen molar-refractivity contribution in [3.05, 3.63) is 101 Å². The van der Waals surface area contributed by atoms with Crippen LogP contribution in [0.25, 0.3) is 22.3 Å². The summed E-state index contributed by atoms with van der Waals surface area (Å²) in [7, 11) is 0. The fourth-order valence-corrected chi connectivity index (χ4v) is 4.31. The fourth-order valence-electron chi connectivity index (χ4n) is 4.13. The summed E-state index contributed by atoms with van der Waals surface area (Å²) >= 11 is 6.21. The Hall–Kier alpha value is -3.11. The van der Waals surface area contributed by atoms with Crippen LogP contribution >= 0.6 is 11.6 Å². The molecule has 0 atom stereocenters. The highest BCUT2D eigenvalue weighted by atomic mass is 35.5. The van der Waals surface area contributed by atoms with Gasteiger partial charge in [-0.05, 0) is 72.9 Å². The van der Waals surface area contributed by atoms with E-state index in [4.69, 9.17) is 11.6 Å². The summed E-state index contributed by atoms with van der Waals surface area (Å²) in [4.78, 5) is 9.90. The van der Waals surface area contributed by atoms with Crippen LogP contribution in [0, 0.1) is 11.7 Å². The number of halogens is 2. The molecule has 0 saturated carbocycles. The average molecular weight is 492 g/mol. The van der Waals surface area contributed by atoms with Gasteiger partial charge in [-0.3, -0.25) is 0 Å². The summed E-state index contributed by atoms with van der Waals surface area (Å²) < 4.78 is 14.0. The van der Waals surface area contributed by atoms with E-state index in [-0.39, 0.29) is 5.02 Å². The number of H-pyrrole nitrogens is 1. The highest BCUT2D eigenvalue weighted by molar-refractivity contribution is 6.31. The van der Waals surface area contributed by atoms with Crippen LogP contribution in [0.4, 0.5) is 4.39 Å². The van der Waals surface area contributed by atoms with Gasteiger partial charge in [0.05, 0.1) is 10.7 Å². The van der Waals surface area contributed by atoms with Crippen molar-refractivity contribution in [3.63, 3.8) is 0 Å². The highest BCUT2D eigenvalue weighted by Gasteiger charge is 2.20. The average Bonchev–Trinajstić information content (AvgIpc) is 3.34. The Morgan fingerprint density at radius 2 is 1.97 bits per heavy atom. The van der Waals surface area contributed by atoms with Crippen LogP contribution in [-0.4, -0.2) is 21.4 Å². The number of fused-ring (bicyclic) bond motifs is 1. The van der Waals surface area contributed by atoms with E-state index in [0.29, 0.717) is 12.5 Å². The first-order chi connectivity index (χ1) is 16.8. The molecule has 184 valence electrons. The molecule has 0 fully saturated rings. The Morgan fingerprint density at radius 3 is 2.60 bits per heavy atom. The normalized spacial score (nSPS) is 13.4. The summed E-state index contributed by atoms with van der Waals surface area (Å²) in [5.41, 5.74) is 7.39. The van der Waals surface area contributed by atoms with Gasteiger partial charge in [0, 0.05) is 29.9 Å². The summed E-state index contributed by atoms with van der Waals surface area (Å²) in [5.74, 6) is 0.0293. The van der Waals surface area contributed by atoms with Gasteiger partial charge in [0.1, 0.15) is 11.5 Å². The van der Waals surface area contributed by atoms with E-state index in [1.807, 2.05) is 30.7 Å². The van der Waals surface area contributed by atoms with Gasteiger partial charge in [-0.25, -0.2) is 9.37 Å². The first-order valence-corrected chi connectivity index (χ1v) is 12.5. The third-order valence-corrected chi connectivity index (χ3v) is 6.52. The fraction of sp³-hybridized carbons (Fsp3) is 0.300. The number of benzene rings is 1. The molecule has 0 bridgehead atoms. The number of nitrogens with zero attached hydrogens (tertiary/aromatic N) is 2. The van der Waals surface area contributed by atoms with Crippen molar-refractivity contribution < 1.29 is 4.39 Å². The predicted molar refractivity (Wildman–Crippen MR) is 148 cm³/mol. The van der Waals surface area contributed by atoms with Gasteiger partial charge in [-0.2, -0.15) is 0 Å². The molecule has 0 aliphatic heterocycles. The molecule has 2 heterocycles. The minimum atomic E-state index is -0.424. The van der Waals surface area contributed by atoms with E-state index < -0.39 is 5.82 Å². The molecule has 3 aromatic rings. The van der Waals surface area contributed by atoms with Crippen molar-refractivity contribution in [1.29, 1.82) is 0 Å². The predicted octanol–water partition coefficient (Wildman–Crippen LogP) is 9.02. The standard InChI is InChI=1S/C30H35ClFN3/c1-7-21(6)23(11-10-20(4)5)19-35(9-3)29(25-14-16-33-30-26(25)15-17-34-30)24(8-2)22-12-13-28(32)27(31)18-22/h9-18,20H,3,7-8,19H2,1-2,4-6H3,(H,33,34)/b11-10-,23-21-,29-24+. The molecule has 0 radical (unpaired) electrons. The third-order valence-electron chi connectivity index (χ3n) is 6.23. The maximum atomic E-state index is 14.0. The number of hydrogen-bond donors (Lipinski definition) is 1. The van der Waals surface area contributed by atoms with Crippen LogP contribution in [0.1, 0.15) is 58.6 Å². The van der Waals surface area contributed by atoms with Crippen LogP contribution < -0.4 is 0 Å². The lowest BCUT2D eigenvalue weighted by Crippen LogP contribution is -2.20. The zero-order valence-electron chi connectivity index (χ0n) is 21.3. The second-order valence-electron chi connectivity index (χ2n) is 8.98. The van der Waals surface area contributed by atoms with E-state index in [2.05, 4.69) is 68.2 Å². The van der Waals surface area contributed by atoms with Crippen molar-refractivity contribution in [2.45, 2.75) is 47.5 Å². The zero-order valence-corrected chi connectivity index (χ0v) is 22.1. The van der Waals surface area contributed by atoms with Crippen LogP contribution in [-0.2, 0) is 0 Å². The molecule has 3 rings (SSSR count). The summed E-state index contributed by atoms with van der Waals surface area (Å²) in [6, 6.07) is 9.00. The largest absolute Gasteiger partial charge is 0.346 e. The Kier molecular flexibility index (Phi) is 9.11. The van der Waals surface area contributed by atoms with E-state index in [0.717, 1.165) is 46.3 Å². The summed E-state index contributed by atoms with van der Waals surface area (Å²) in [5, 5.41) is 1.13. The number of nitrogens with one attached hydrogen (secondary N) is 1. The lowest BCUT2D eigenvalue weighted by molar-refractivity contribution is 0.580. The first-order valence-electron chi connectivity index (χ1n) is 12.2. The SMILES string of the molecule is C=CN(CC(/C=C\C(C)C)=C(/C)CC)/C(=C(\CC)c1ccc(F)c(Cl)c1)c1ccnc2[nH]ccc12. The molecule has 0 aliphatic rings. The maximum Gasteiger partial charge on any atom is 0.141 e. The lowest BCUT2D eigenvalue weighted by atomic mass is 9.94. The molecule has 2 aromatic heterocycles. The van der Waals surface area contributed by atoms with Crippen molar-refractivity contribution in [2.75, 3.05) is 6.54 Å². The highest BCUT2D eigenvalue weighted by Crippen LogP contribution is 2.37. The molecule has 3 nitrogen and oxygen atoms in total. The topological polar surface area (TPSA) is 31.9 Å². The first kappa shape index (κ1) is 26.5. The lowest BCUT2D eigenvalue weighted by Gasteiger charge is -2.29. The number of allylic oxidation sites excluding steroid dienone is 3. The molecular weight excluding hydrogens is 457 g/mol. The smallest absolute Gasteiger partial charge is 0.141 e. The minimum absolute atomic E-state index is 0.113. The van der Waals surface area contributed by atoms with E-state index >= 15 is 0 Å². The molecule has 0 spiro atoms. The van der Waals surface area contributed by atoms with Gasteiger partial charge in [-0.1, -0.05) is 69.7 Å². The number of hydrogen-bond acceptors (Lipinski definition) is 2. The van der Waals surface area contributed by atoms with Gasteiger partial charge in [-0.15, -0.1) is 0 Å². The Balaban J connectivity index is 2.29. The number of rotatable bonds is 10. The van der Waals surface area contributed by atoms with Gasteiger partial charge in [0.15, 0.2) is 0 Å². The molecule has 0 saturated heterocycles. The van der Waals surface area contributed by atoms with Crippen LogP contribution in [0.5, 0.6) is 0 Å². The molecular formula is C30H35ClFN3. The second kappa shape index (κ2) is 12.0. The van der Waals surface area contributed by atoms with Crippen LogP contribution in [0.3, 0.4) is 0 Å². The Morgan fingerprint density at radius 1 is 1.20 bits per heavy atom. The number of aromatic amines is 1. The Labute approximate surface area is 213 Å². The molecule has 0 unspecified atom stereocenters. The second-order valence-corrected chi connectivity index (χ2v) is 9.39. The quantitative estimate of drug-likeness (QED) is 0.287. The minimum Gasteiger partial charge on any atom is -0.346 e. The van der Waals surface area contributed by atoms with Crippen molar-refractivity contribution in [1.82, 2.24) is 14.9 Å². The van der Waals surface area contributed by atoms with Crippen molar-refractivity contribution >= 4 is 33.9 Å². The van der Waals surface area contributed by atoms with Gasteiger partial charge in [0.25, 0.3) is 0 Å². The summed E-state index contributed by atoms with van der Waals surface area (Å²) in [6.07, 6.45) is 11.7. The molecule has 0 aliphatic carbocycles. The number of aromatic nitrogens is 2. The number of pyridine rings is 1. The van der Waals surface area contributed by atoms with Crippen LogP contribution in [0.2, 0.25) is 5.02 Å². The molecule has 1 aromatic carbocycles. The molecule has 5 heteroatoms. The summed E-state index contributed by atoms with van der Waals surface area (Å²) in [6.45, 7) is 15.7.